The normalized spacial score (nSPS) is 16.6. The van der Waals surface area contributed by atoms with Crippen LogP contribution in [0.15, 0.2) is 24.3 Å². The maximum Gasteiger partial charge on any atom is 0.312 e. The lowest BCUT2D eigenvalue weighted by atomic mass is 9.89. The molecule has 0 bridgehead atoms. The van der Waals surface area contributed by atoms with Crippen molar-refractivity contribution in [1.82, 2.24) is 10.6 Å². The maximum atomic E-state index is 12.2. The van der Waals surface area contributed by atoms with Crippen molar-refractivity contribution in [3.05, 3.63) is 34.9 Å². The van der Waals surface area contributed by atoms with Crippen molar-refractivity contribution in [2.75, 3.05) is 6.54 Å². The number of primary amides is 1. The topological polar surface area (TPSA) is 84.2 Å². The van der Waals surface area contributed by atoms with Gasteiger partial charge in [0.05, 0.1) is 12.5 Å². The number of nitrogens with two attached hydrogens (primary N) is 1. The molecule has 4 N–H and O–H groups in total. The number of halogens is 1. The summed E-state index contributed by atoms with van der Waals surface area (Å²) < 4.78 is 0. The summed E-state index contributed by atoms with van der Waals surface area (Å²) in [4.78, 5) is 23.4. The molecule has 1 saturated carbocycles. The molecule has 1 atom stereocenters. The Bertz CT molecular complexity index is 544. The van der Waals surface area contributed by atoms with Crippen LogP contribution in [-0.4, -0.2) is 18.5 Å². The van der Waals surface area contributed by atoms with E-state index in [4.69, 9.17) is 17.3 Å². The smallest absolute Gasteiger partial charge is 0.312 e. The molecule has 0 saturated heterocycles. The van der Waals surface area contributed by atoms with Crippen molar-refractivity contribution in [2.24, 2.45) is 11.7 Å². The van der Waals surface area contributed by atoms with Crippen molar-refractivity contribution in [3.8, 4) is 0 Å². The van der Waals surface area contributed by atoms with E-state index in [1.54, 1.807) is 18.2 Å². The van der Waals surface area contributed by atoms with E-state index in [9.17, 15) is 9.59 Å². The Morgan fingerprint density at radius 1 is 1.22 bits per heavy atom. The monoisotopic (exact) mass is 337 g/mol. The first-order valence-electron chi connectivity index (χ1n) is 8.13. The van der Waals surface area contributed by atoms with Crippen LogP contribution in [0, 0.1) is 5.92 Å². The van der Waals surface area contributed by atoms with Crippen LogP contribution in [0.5, 0.6) is 0 Å². The van der Waals surface area contributed by atoms with Crippen LogP contribution in [0.25, 0.3) is 0 Å². The quantitative estimate of drug-likeness (QED) is 0.745. The highest BCUT2D eigenvalue weighted by molar-refractivity contribution is 6.31. The Labute approximate surface area is 142 Å². The molecule has 3 amide bonds. The van der Waals surface area contributed by atoms with Gasteiger partial charge in [-0.15, -0.1) is 0 Å². The van der Waals surface area contributed by atoms with Gasteiger partial charge in [0.1, 0.15) is 0 Å². The largest absolute Gasteiger partial charge is 0.356 e. The first-order chi connectivity index (χ1) is 11.1. The third kappa shape index (κ3) is 5.75. The molecule has 0 heterocycles. The van der Waals surface area contributed by atoms with E-state index in [1.807, 2.05) is 6.07 Å². The fourth-order valence-corrected chi connectivity index (χ4v) is 3.34. The minimum atomic E-state index is -0.671. The fourth-order valence-electron chi connectivity index (χ4n) is 3.08. The van der Waals surface area contributed by atoms with E-state index in [0.717, 1.165) is 0 Å². The Morgan fingerprint density at radius 3 is 2.57 bits per heavy atom. The van der Waals surface area contributed by atoms with Crippen molar-refractivity contribution < 1.29 is 9.59 Å². The van der Waals surface area contributed by atoms with Gasteiger partial charge in [-0.25, -0.2) is 4.79 Å². The highest BCUT2D eigenvalue weighted by Crippen LogP contribution is 2.25. The SMILES string of the molecule is NC(=O)N[C@@H](CC(=O)NCC1CCCCC1)c1ccccc1Cl. The molecule has 1 aliphatic carbocycles. The van der Waals surface area contributed by atoms with Gasteiger partial charge in [0.15, 0.2) is 0 Å². The number of amides is 3. The molecule has 0 spiro atoms. The zero-order valence-electron chi connectivity index (χ0n) is 13.2. The van der Waals surface area contributed by atoms with E-state index in [-0.39, 0.29) is 12.3 Å². The van der Waals surface area contributed by atoms with Gasteiger partial charge in [-0.1, -0.05) is 49.1 Å². The average Bonchev–Trinajstić information content (AvgIpc) is 2.53. The third-order valence-electron chi connectivity index (χ3n) is 4.30. The molecule has 2 rings (SSSR count). The average molecular weight is 338 g/mol. The van der Waals surface area contributed by atoms with Crippen LogP contribution in [-0.2, 0) is 4.79 Å². The van der Waals surface area contributed by atoms with E-state index in [0.29, 0.717) is 23.0 Å². The molecule has 1 aromatic carbocycles. The number of rotatable bonds is 6. The van der Waals surface area contributed by atoms with Gasteiger partial charge in [0, 0.05) is 11.6 Å². The highest BCUT2D eigenvalue weighted by Gasteiger charge is 2.20. The van der Waals surface area contributed by atoms with Gasteiger partial charge >= 0.3 is 6.03 Å². The molecule has 0 unspecified atom stereocenters. The van der Waals surface area contributed by atoms with Crippen LogP contribution in [0.1, 0.15) is 50.1 Å². The van der Waals surface area contributed by atoms with Crippen LogP contribution < -0.4 is 16.4 Å². The number of carbonyl (C=O) groups is 2. The molecule has 0 aromatic heterocycles. The summed E-state index contributed by atoms with van der Waals surface area (Å²) in [6.07, 6.45) is 6.25. The molecular weight excluding hydrogens is 314 g/mol. The van der Waals surface area contributed by atoms with Crippen molar-refractivity contribution >= 4 is 23.5 Å². The molecule has 1 aromatic rings. The highest BCUT2D eigenvalue weighted by atomic mass is 35.5. The van der Waals surface area contributed by atoms with E-state index in [2.05, 4.69) is 10.6 Å². The van der Waals surface area contributed by atoms with Crippen LogP contribution in [0.2, 0.25) is 5.02 Å². The second-order valence-corrected chi connectivity index (χ2v) is 6.50. The van der Waals surface area contributed by atoms with Gasteiger partial charge in [-0.05, 0) is 30.4 Å². The summed E-state index contributed by atoms with van der Waals surface area (Å²) in [5.41, 5.74) is 5.92. The van der Waals surface area contributed by atoms with E-state index < -0.39 is 12.1 Å². The lowest BCUT2D eigenvalue weighted by Crippen LogP contribution is -2.38. The molecular formula is C17H24ClN3O2. The van der Waals surface area contributed by atoms with Crippen molar-refractivity contribution in [2.45, 2.75) is 44.6 Å². The molecule has 6 heteroatoms. The van der Waals surface area contributed by atoms with Crippen LogP contribution >= 0.6 is 11.6 Å². The fraction of sp³-hybridized carbons (Fsp3) is 0.529. The molecule has 0 aliphatic heterocycles. The van der Waals surface area contributed by atoms with E-state index >= 15 is 0 Å². The Kier molecular flexibility index (Phi) is 6.71. The summed E-state index contributed by atoms with van der Waals surface area (Å²) in [7, 11) is 0. The van der Waals surface area contributed by atoms with Gasteiger partial charge in [-0.2, -0.15) is 0 Å². The molecule has 5 nitrogen and oxygen atoms in total. The predicted octanol–water partition coefficient (Wildman–Crippen LogP) is 3.14. The molecule has 1 fully saturated rings. The number of nitrogens with one attached hydrogen (secondary N) is 2. The summed E-state index contributed by atoms with van der Waals surface area (Å²) >= 11 is 6.16. The molecule has 23 heavy (non-hydrogen) atoms. The molecule has 0 radical (unpaired) electrons. The maximum absolute atomic E-state index is 12.2. The first kappa shape index (κ1) is 17.6. The van der Waals surface area contributed by atoms with Crippen LogP contribution in [0.4, 0.5) is 4.79 Å². The van der Waals surface area contributed by atoms with Gasteiger partial charge < -0.3 is 16.4 Å². The summed E-state index contributed by atoms with van der Waals surface area (Å²) in [5.74, 6) is 0.463. The number of benzene rings is 1. The second-order valence-electron chi connectivity index (χ2n) is 6.09. The number of hydrogen-bond donors (Lipinski definition) is 3. The minimum absolute atomic E-state index is 0.103. The van der Waals surface area contributed by atoms with E-state index in [1.165, 1.54) is 32.1 Å². The molecule has 126 valence electrons. The summed E-state index contributed by atoms with van der Waals surface area (Å²) in [6, 6.07) is 5.94. The van der Waals surface area contributed by atoms with Crippen molar-refractivity contribution in [3.63, 3.8) is 0 Å². The van der Waals surface area contributed by atoms with Gasteiger partial charge in [0.2, 0.25) is 5.91 Å². The molecule has 1 aliphatic rings. The number of hydrogen-bond acceptors (Lipinski definition) is 2. The zero-order chi connectivity index (χ0) is 16.7. The first-order valence-corrected chi connectivity index (χ1v) is 8.51. The van der Waals surface area contributed by atoms with Crippen molar-refractivity contribution in [1.29, 1.82) is 0 Å². The minimum Gasteiger partial charge on any atom is -0.356 e. The van der Waals surface area contributed by atoms with Gasteiger partial charge in [0.25, 0.3) is 0 Å². The second kappa shape index (κ2) is 8.77. The Hall–Kier alpha value is -1.75. The summed E-state index contributed by atoms with van der Waals surface area (Å²) in [5, 5.41) is 6.08. The number of carbonyl (C=O) groups excluding carboxylic acids is 2. The third-order valence-corrected chi connectivity index (χ3v) is 4.64. The van der Waals surface area contributed by atoms with Gasteiger partial charge in [-0.3, -0.25) is 4.79 Å². The predicted molar refractivity (Wildman–Crippen MR) is 91.1 cm³/mol. The standard InChI is InChI=1S/C17H24ClN3O2/c18-14-9-5-4-8-13(14)15(21-17(19)23)10-16(22)20-11-12-6-2-1-3-7-12/h4-5,8-9,12,15H,1-3,6-7,10-11H2,(H,20,22)(H3,19,21,23)/t15-/m0/s1. The Morgan fingerprint density at radius 2 is 1.91 bits per heavy atom. The Balaban J connectivity index is 1.93. The van der Waals surface area contributed by atoms with Crippen LogP contribution in [0.3, 0.4) is 0 Å². The summed E-state index contributed by atoms with van der Waals surface area (Å²) in [6.45, 7) is 0.699. The number of urea groups is 1. The lowest BCUT2D eigenvalue weighted by molar-refractivity contribution is -0.121. The lowest BCUT2D eigenvalue weighted by Gasteiger charge is -2.23. The zero-order valence-corrected chi connectivity index (χ0v) is 13.9.